The van der Waals surface area contributed by atoms with E-state index >= 15 is 0 Å². The lowest BCUT2D eigenvalue weighted by atomic mass is 10.00. The first-order chi connectivity index (χ1) is 9.91. The maximum Gasteiger partial charge on any atom is 0.288 e. The molecule has 0 saturated heterocycles. The molecule has 0 radical (unpaired) electrons. The van der Waals surface area contributed by atoms with E-state index in [-0.39, 0.29) is 5.69 Å². The SMILES string of the molecule is CC(C)CC[C@@H](N)C(O)C(=O)NNC(=O)c1ccccn1. The minimum atomic E-state index is -1.37. The summed E-state index contributed by atoms with van der Waals surface area (Å²) in [5.41, 5.74) is 10.2. The number of nitrogens with zero attached hydrogens (tertiary/aromatic N) is 1. The van der Waals surface area contributed by atoms with Crippen molar-refractivity contribution in [3.8, 4) is 0 Å². The second-order valence-electron chi connectivity index (χ2n) is 5.24. The van der Waals surface area contributed by atoms with Crippen molar-refractivity contribution in [1.82, 2.24) is 15.8 Å². The second-order valence-corrected chi connectivity index (χ2v) is 5.24. The first-order valence-corrected chi connectivity index (χ1v) is 6.86. The number of amides is 2. The molecule has 0 fully saturated rings. The highest BCUT2D eigenvalue weighted by Crippen LogP contribution is 2.07. The maximum absolute atomic E-state index is 11.7. The van der Waals surface area contributed by atoms with Crippen LogP contribution in [0.5, 0.6) is 0 Å². The van der Waals surface area contributed by atoms with Crippen LogP contribution in [0.1, 0.15) is 37.2 Å². The Morgan fingerprint density at radius 1 is 1.29 bits per heavy atom. The molecule has 2 amide bonds. The molecule has 2 atom stereocenters. The fourth-order valence-electron chi connectivity index (χ4n) is 1.63. The normalized spacial score (nSPS) is 13.6. The van der Waals surface area contributed by atoms with E-state index < -0.39 is 24.0 Å². The van der Waals surface area contributed by atoms with Gasteiger partial charge in [-0.2, -0.15) is 0 Å². The van der Waals surface area contributed by atoms with Crippen LogP contribution < -0.4 is 16.6 Å². The zero-order valence-corrected chi connectivity index (χ0v) is 12.2. The molecular formula is C14H22N4O3. The third-order valence-electron chi connectivity index (χ3n) is 2.95. The van der Waals surface area contributed by atoms with Crippen molar-refractivity contribution in [2.75, 3.05) is 0 Å². The molecule has 0 spiro atoms. The van der Waals surface area contributed by atoms with Crippen molar-refractivity contribution in [2.24, 2.45) is 11.7 Å². The van der Waals surface area contributed by atoms with Gasteiger partial charge in [0.2, 0.25) is 0 Å². The Labute approximate surface area is 123 Å². The molecule has 0 saturated carbocycles. The number of hydrogen-bond acceptors (Lipinski definition) is 5. The van der Waals surface area contributed by atoms with Gasteiger partial charge in [-0.3, -0.25) is 25.4 Å². The number of aromatic nitrogens is 1. The predicted molar refractivity (Wildman–Crippen MR) is 77.9 cm³/mol. The monoisotopic (exact) mass is 294 g/mol. The number of aliphatic hydroxyl groups excluding tert-OH is 1. The van der Waals surface area contributed by atoms with Crippen LogP contribution in [0.4, 0.5) is 0 Å². The van der Waals surface area contributed by atoms with Gasteiger partial charge in [0.1, 0.15) is 11.8 Å². The van der Waals surface area contributed by atoms with Gasteiger partial charge in [0.15, 0.2) is 0 Å². The van der Waals surface area contributed by atoms with E-state index in [0.29, 0.717) is 12.3 Å². The molecule has 1 heterocycles. The Bertz CT molecular complexity index is 465. The average molecular weight is 294 g/mol. The van der Waals surface area contributed by atoms with Gasteiger partial charge in [0.05, 0.1) is 0 Å². The quantitative estimate of drug-likeness (QED) is 0.549. The molecule has 21 heavy (non-hydrogen) atoms. The van der Waals surface area contributed by atoms with Crippen LogP contribution in [0.3, 0.4) is 0 Å². The van der Waals surface area contributed by atoms with Crippen LogP contribution in [-0.2, 0) is 4.79 Å². The molecule has 0 aliphatic rings. The molecular weight excluding hydrogens is 272 g/mol. The summed E-state index contributed by atoms with van der Waals surface area (Å²) in [5.74, 6) is -0.863. The molecule has 5 N–H and O–H groups in total. The van der Waals surface area contributed by atoms with Crippen LogP contribution in [0.2, 0.25) is 0 Å². The molecule has 7 nitrogen and oxygen atoms in total. The summed E-state index contributed by atoms with van der Waals surface area (Å²) in [6, 6.07) is 4.17. The van der Waals surface area contributed by atoms with Gasteiger partial charge in [0, 0.05) is 12.2 Å². The number of nitrogens with two attached hydrogens (primary N) is 1. The highest BCUT2D eigenvalue weighted by molar-refractivity contribution is 5.94. The van der Waals surface area contributed by atoms with E-state index in [1.807, 2.05) is 13.8 Å². The fraction of sp³-hybridized carbons (Fsp3) is 0.500. The van der Waals surface area contributed by atoms with E-state index in [4.69, 9.17) is 5.73 Å². The van der Waals surface area contributed by atoms with Crippen LogP contribution in [0, 0.1) is 5.92 Å². The third-order valence-corrected chi connectivity index (χ3v) is 2.95. The Balaban J connectivity index is 2.40. The van der Waals surface area contributed by atoms with Crippen molar-refractivity contribution >= 4 is 11.8 Å². The summed E-state index contributed by atoms with van der Waals surface area (Å²) in [4.78, 5) is 27.2. The molecule has 116 valence electrons. The maximum atomic E-state index is 11.7. The smallest absolute Gasteiger partial charge is 0.288 e. The minimum Gasteiger partial charge on any atom is -0.382 e. The summed E-state index contributed by atoms with van der Waals surface area (Å²) < 4.78 is 0. The zero-order chi connectivity index (χ0) is 15.8. The number of aliphatic hydroxyl groups is 1. The molecule has 1 aromatic rings. The zero-order valence-electron chi connectivity index (χ0n) is 12.2. The molecule has 1 rings (SSSR count). The summed E-state index contributed by atoms with van der Waals surface area (Å²) >= 11 is 0. The van der Waals surface area contributed by atoms with Crippen molar-refractivity contribution in [1.29, 1.82) is 0 Å². The molecule has 7 heteroatoms. The second kappa shape index (κ2) is 8.33. The number of carbonyl (C=O) groups excluding carboxylic acids is 2. The van der Waals surface area contributed by atoms with Gasteiger partial charge in [-0.15, -0.1) is 0 Å². The molecule has 0 aliphatic heterocycles. The van der Waals surface area contributed by atoms with Crippen molar-refractivity contribution < 1.29 is 14.7 Å². The Morgan fingerprint density at radius 3 is 2.57 bits per heavy atom. The van der Waals surface area contributed by atoms with E-state index in [1.165, 1.54) is 12.3 Å². The largest absolute Gasteiger partial charge is 0.382 e. The molecule has 1 aromatic heterocycles. The molecule has 0 aromatic carbocycles. The van der Waals surface area contributed by atoms with Crippen LogP contribution in [-0.4, -0.2) is 34.1 Å². The number of pyridine rings is 1. The van der Waals surface area contributed by atoms with Crippen LogP contribution >= 0.6 is 0 Å². The van der Waals surface area contributed by atoms with Crippen LogP contribution in [0.15, 0.2) is 24.4 Å². The van der Waals surface area contributed by atoms with Gasteiger partial charge in [-0.05, 0) is 30.9 Å². The first-order valence-electron chi connectivity index (χ1n) is 6.86. The summed E-state index contributed by atoms with van der Waals surface area (Å²) in [6.07, 6.45) is 1.44. The van der Waals surface area contributed by atoms with Gasteiger partial charge >= 0.3 is 0 Å². The Kier molecular flexibility index (Phi) is 6.77. The summed E-state index contributed by atoms with van der Waals surface area (Å²) in [6.45, 7) is 4.07. The van der Waals surface area contributed by atoms with E-state index in [1.54, 1.807) is 12.1 Å². The number of nitrogens with one attached hydrogen (secondary N) is 2. The minimum absolute atomic E-state index is 0.163. The van der Waals surface area contributed by atoms with Gasteiger partial charge in [0.25, 0.3) is 11.8 Å². The van der Waals surface area contributed by atoms with Crippen molar-refractivity contribution in [2.45, 2.75) is 38.8 Å². The van der Waals surface area contributed by atoms with E-state index in [2.05, 4.69) is 15.8 Å². The van der Waals surface area contributed by atoms with E-state index in [0.717, 1.165) is 6.42 Å². The average Bonchev–Trinajstić information content (AvgIpc) is 2.49. The Hall–Kier alpha value is -1.99. The molecule has 0 bridgehead atoms. The third kappa shape index (κ3) is 5.88. The van der Waals surface area contributed by atoms with Gasteiger partial charge in [-0.25, -0.2) is 0 Å². The van der Waals surface area contributed by atoms with Gasteiger partial charge in [-0.1, -0.05) is 19.9 Å². The lowest BCUT2D eigenvalue weighted by Crippen LogP contribution is -2.52. The topological polar surface area (TPSA) is 117 Å². The van der Waals surface area contributed by atoms with E-state index in [9.17, 15) is 14.7 Å². The van der Waals surface area contributed by atoms with Gasteiger partial charge < -0.3 is 10.8 Å². The fourth-order valence-corrected chi connectivity index (χ4v) is 1.63. The molecule has 0 aliphatic carbocycles. The molecule has 1 unspecified atom stereocenters. The van der Waals surface area contributed by atoms with Crippen LogP contribution in [0.25, 0.3) is 0 Å². The number of hydrazine groups is 1. The first kappa shape index (κ1) is 17.1. The number of hydrogen-bond donors (Lipinski definition) is 4. The number of carbonyl (C=O) groups is 2. The number of rotatable bonds is 6. The van der Waals surface area contributed by atoms with Crippen molar-refractivity contribution in [3.05, 3.63) is 30.1 Å². The highest BCUT2D eigenvalue weighted by atomic mass is 16.3. The predicted octanol–water partition coefficient (Wildman–Crippen LogP) is -0.0330. The highest BCUT2D eigenvalue weighted by Gasteiger charge is 2.23. The lowest BCUT2D eigenvalue weighted by molar-refractivity contribution is -0.131. The van der Waals surface area contributed by atoms with Crippen molar-refractivity contribution in [3.63, 3.8) is 0 Å². The summed E-state index contributed by atoms with van der Waals surface area (Å²) in [7, 11) is 0. The standard InChI is InChI=1S/C14H22N4O3/c1-9(2)6-7-10(15)12(19)14(21)18-17-13(20)11-5-3-4-8-16-11/h3-5,8-10,12,19H,6-7,15H2,1-2H3,(H,17,20)(H,18,21)/t10-,12?/m1/s1. The summed E-state index contributed by atoms with van der Waals surface area (Å²) in [5, 5.41) is 9.78. The Morgan fingerprint density at radius 2 is 2.00 bits per heavy atom. The lowest BCUT2D eigenvalue weighted by Gasteiger charge is -2.19.